The molecule has 0 unspecified atom stereocenters. The third-order valence-electron chi connectivity index (χ3n) is 1.67. The van der Waals surface area contributed by atoms with E-state index in [4.69, 9.17) is 4.74 Å². The van der Waals surface area contributed by atoms with Crippen LogP contribution < -0.4 is 0 Å². The minimum absolute atomic E-state index is 0.762. The number of ether oxygens (including phenoxy) is 1. The Kier molecular flexibility index (Phi) is 2.09. The molecule has 1 atom stereocenters. The van der Waals surface area contributed by atoms with E-state index >= 15 is 0 Å². The summed E-state index contributed by atoms with van der Waals surface area (Å²) in [5, 5.41) is 0. The van der Waals surface area contributed by atoms with Gasteiger partial charge in [0.05, 0.1) is 7.11 Å². The van der Waals surface area contributed by atoms with E-state index in [0.717, 1.165) is 24.8 Å². The quantitative estimate of drug-likeness (QED) is 0.482. The normalized spacial score (nSPS) is 27.3. The van der Waals surface area contributed by atoms with Gasteiger partial charge in [-0.1, -0.05) is 6.92 Å². The van der Waals surface area contributed by atoms with Crippen molar-refractivity contribution in [3.8, 4) is 0 Å². The van der Waals surface area contributed by atoms with Crippen LogP contribution in [-0.2, 0) is 4.74 Å². The Labute approximate surface area is 55.9 Å². The van der Waals surface area contributed by atoms with Crippen molar-refractivity contribution in [2.75, 3.05) is 13.7 Å². The van der Waals surface area contributed by atoms with Gasteiger partial charge >= 0.3 is 0 Å². The molecule has 0 fully saturated rings. The Morgan fingerprint density at radius 1 is 1.67 bits per heavy atom. The maximum absolute atomic E-state index is 5.01. The van der Waals surface area contributed by atoms with Gasteiger partial charge in [-0.05, 0) is 12.3 Å². The van der Waals surface area contributed by atoms with E-state index in [1.807, 2.05) is 0 Å². The van der Waals surface area contributed by atoms with Crippen LogP contribution in [0.15, 0.2) is 4.99 Å². The zero-order chi connectivity index (χ0) is 6.69. The number of nitrogens with zero attached hydrogens (tertiary/aromatic N) is 1. The summed E-state index contributed by atoms with van der Waals surface area (Å²) >= 11 is 0. The second kappa shape index (κ2) is 2.85. The first-order valence-electron chi connectivity index (χ1n) is 3.40. The van der Waals surface area contributed by atoms with Crippen LogP contribution in [0.5, 0.6) is 0 Å². The maximum Gasteiger partial charge on any atom is 0.183 e. The molecule has 1 rings (SSSR count). The number of methoxy groups -OCH3 is 1. The van der Waals surface area contributed by atoms with E-state index in [1.165, 1.54) is 6.42 Å². The summed E-state index contributed by atoms with van der Waals surface area (Å²) in [6.45, 7) is 3.18. The van der Waals surface area contributed by atoms with E-state index in [-0.39, 0.29) is 0 Å². The van der Waals surface area contributed by atoms with E-state index in [1.54, 1.807) is 7.11 Å². The molecule has 0 aromatic carbocycles. The molecule has 0 saturated carbocycles. The molecule has 0 saturated heterocycles. The zero-order valence-corrected chi connectivity index (χ0v) is 6.05. The third-order valence-corrected chi connectivity index (χ3v) is 1.67. The molecule has 0 N–H and O–H groups in total. The first-order chi connectivity index (χ1) is 4.33. The molecule has 1 heterocycles. The second-order valence-electron chi connectivity index (χ2n) is 2.58. The Hall–Kier alpha value is -0.530. The molecule has 1 aliphatic heterocycles. The predicted molar refractivity (Wildman–Crippen MR) is 37.7 cm³/mol. The van der Waals surface area contributed by atoms with Crippen LogP contribution in [-0.4, -0.2) is 19.6 Å². The minimum atomic E-state index is 0.762. The molecule has 0 amide bonds. The first-order valence-corrected chi connectivity index (χ1v) is 3.40. The van der Waals surface area contributed by atoms with Gasteiger partial charge in [0, 0.05) is 13.0 Å². The molecule has 0 aromatic heterocycles. The smallest absolute Gasteiger partial charge is 0.183 e. The molecular weight excluding hydrogens is 114 g/mol. The Balaban J connectivity index is 2.43. The fourth-order valence-corrected chi connectivity index (χ4v) is 1.02. The van der Waals surface area contributed by atoms with Gasteiger partial charge in [-0.3, -0.25) is 4.99 Å². The SMILES string of the molecule is COC1=NCC[C@@H](C)C1. The van der Waals surface area contributed by atoms with Gasteiger partial charge in [-0.25, -0.2) is 0 Å². The van der Waals surface area contributed by atoms with Crippen molar-refractivity contribution >= 4 is 5.90 Å². The Morgan fingerprint density at radius 2 is 2.44 bits per heavy atom. The number of hydrogen-bond acceptors (Lipinski definition) is 2. The molecule has 0 aliphatic carbocycles. The van der Waals surface area contributed by atoms with Gasteiger partial charge in [0.1, 0.15) is 0 Å². The summed E-state index contributed by atoms with van der Waals surface area (Å²) in [5.41, 5.74) is 0. The highest BCUT2D eigenvalue weighted by Crippen LogP contribution is 2.13. The molecule has 9 heavy (non-hydrogen) atoms. The Morgan fingerprint density at radius 3 is 2.89 bits per heavy atom. The van der Waals surface area contributed by atoms with Gasteiger partial charge < -0.3 is 4.74 Å². The van der Waals surface area contributed by atoms with Crippen LogP contribution >= 0.6 is 0 Å². The van der Waals surface area contributed by atoms with Crippen molar-refractivity contribution in [2.45, 2.75) is 19.8 Å². The first kappa shape index (κ1) is 6.59. The Bertz CT molecular complexity index is 120. The standard InChI is InChI=1S/C7H13NO/c1-6-3-4-8-7(5-6)9-2/h6H,3-5H2,1-2H3/t6-/m1/s1. The van der Waals surface area contributed by atoms with Crippen LogP contribution in [0.25, 0.3) is 0 Å². The summed E-state index contributed by atoms with van der Waals surface area (Å²) in [6.07, 6.45) is 2.24. The molecule has 0 bridgehead atoms. The summed E-state index contributed by atoms with van der Waals surface area (Å²) in [7, 11) is 1.69. The number of aliphatic imine (C=N–C) groups is 1. The highest BCUT2D eigenvalue weighted by atomic mass is 16.5. The highest BCUT2D eigenvalue weighted by molar-refractivity contribution is 5.76. The largest absolute Gasteiger partial charge is 0.484 e. The van der Waals surface area contributed by atoms with Crippen molar-refractivity contribution in [2.24, 2.45) is 10.9 Å². The molecule has 0 radical (unpaired) electrons. The van der Waals surface area contributed by atoms with Crippen molar-refractivity contribution in [1.82, 2.24) is 0 Å². The van der Waals surface area contributed by atoms with E-state index in [2.05, 4.69) is 11.9 Å². The van der Waals surface area contributed by atoms with Crippen LogP contribution in [0, 0.1) is 5.92 Å². The lowest BCUT2D eigenvalue weighted by Crippen LogP contribution is -2.14. The predicted octanol–water partition coefficient (Wildman–Crippen LogP) is 1.46. The summed E-state index contributed by atoms with van der Waals surface area (Å²) in [4.78, 5) is 4.19. The summed E-state index contributed by atoms with van der Waals surface area (Å²) in [6, 6.07) is 0. The average Bonchev–Trinajstić information content (AvgIpc) is 1.88. The summed E-state index contributed by atoms with van der Waals surface area (Å²) < 4.78 is 5.01. The average molecular weight is 127 g/mol. The molecule has 2 heteroatoms. The molecule has 52 valence electrons. The molecular formula is C7H13NO. The minimum Gasteiger partial charge on any atom is -0.484 e. The lowest BCUT2D eigenvalue weighted by molar-refractivity contribution is 0.359. The van der Waals surface area contributed by atoms with Gasteiger partial charge in [0.25, 0.3) is 0 Å². The third kappa shape index (κ3) is 1.70. The van der Waals surface area contributed by atoms with Gasteiger partial charge in [0.2, 0.25) is 0 Å². The number of rotatable bonds is 0. The topological polar surface area (TPSA) is 21.6 Å². The van der Waals surface area contributed by atoms with Gasteiger partial charge in [-0.15, -0.1) is 0 Å². The van der Waals surface area contributed by atoms with Crippen LogP contribution in [0.1, 0.15) is 19.8 Å². The highest BCUT2D eigenvalue weighted by Gasteiger charge is 2.11. The second-order valence-corrected chi connectivity index (χ2v) is 2.58. The fourth-order valence-electron chi connectivity index (χ4n) is 1.02. The fraction of sp³-hybridized carbons (Fsp3) is 0.857. The van der Waals surface area contributed by atoms with E-state index in [0.29, 0.717) is 0 Å². The summed E-state index contributed by atoms with van der Waals surface area (Å²) in [5.74, 6) is 1.69. The van der Waals surface area contributed by atoms with Crippen LogP contribution in [0.3, 0.4) is 0 Å². The molecule has 2 nitrogen and oxygen atoms in total. The lowest BCUT2D eigenvalue weighted by atomic mass is 10.0. The van der Waals surface area contributed by atoms with Crippen LogP contribution in [0.2, 0.25) is 0 Å². The van der Waals surface area contributed by atoms with Crippen molar-refractivity contribution in [3.63, 3.8) is 0 Å². The molecule has 0 spiro atoms. The van der Waals surface area contributed by atoms with Crippen LogP contribution in [0.4, 0.5) is 0 Å². The van der Waals surface area contributed by atoms with Gasteiger partial charge in [-0.2, -0.15) is 0 Å². The van der Waals surface area contributed by atoms with Crippen molar-refractivity contribution in [3.05, 3.63) is 0 Å². The molecule has 1 aliphatic rings. The molecule has 0 aromatic rings. The van der Waals surface area contributed by atoms with Gasteiger partial charge in [0.15, 0.2) is 5.90 Å². The monoisotopic (exact) mass is 127 g/mol. The number of hydrogen-bond donors (Lipinski definition) is 0. The van der Waals surface area contributed by atoms with Crippen molar-refractivity contribution < 1.29 is 4.74 Å². The van der Waals surface area contributed by atoms with E-state index < -0.39 is 0 Å². The lowest BCUT2D eigenvalue weighted by Gasteiger charge is -2.15. The zero-order valence-electron chi connectivity index (χ0n) is 6.05. The van der Waals surface area contributed by atoms with Crippen molar-refractivity contribution in [1.29, 1.82) is 0 Å². The van der Waals surface area contributed by atoms with E-state index in [9.17, 15) is 0 Å². The maximum atomic E-state index is 5.01.